The summed E-state index contributed by atoms with van der Waals surface area (Å²) in [5, 5.41) is 6.42. The SMILES string of the molecule is CCOC(=O)NC(=S)Nc1ccc2ccccc2n1. The number of hydrogen-bond acceptors (Lipinski definition) is 4. The van der Waals surface area contributed by atoms with Gasteiger partial charge in [0.05, 0.1) is 12.1 Å². The number of ether oxygens (including phenoxy) is 1. The molecule has 1 aromatic carbocycles. The number of para-hydroxylation sites is 1. The molecule has 0 fully saturated rings. The van der Waals surface area contributed by atoms with Gasteiger partial charge in [-0.1, -0.05) is 18.2 Å². The molecule has 1 amide bonds. The number of nitrogens with one attached hydrogen (secondary N) is 2. The summed E-state index contributed by atoms with van der Waals surface area (Å²) in [5.74, 6) is 0.570. The normalized spacial score (nSPS) is 9.95. The molecule has 2 aromatic rings. The van der Waals surface area contributed by atoms with Crippen molar-refractivity contribution in [3.63, 3.8) is 0 Å². The predicted molar refractivity (Wildman–Crippen MR) is 78.1 cm³/mol. The number of anilines is 1. The van der Waals surface area contributed by atoms with E-state index in [9.17, 15) is 4.79 Å². The molecular formula is C13H13N3O2S. The van der Waals surface area contributed by atoms with E-state index in [1.807, 2.05) is 30.3 Å². The van der Waals surface area contributed by atoms with Crippen molar-refractivity contribution in [1.29, 1.82) is 0 Å². The fraction of sp³-hybridized carbons (Fsp3) is 0.154. The Bertz CT molecular complexity index is 616. The molecule has 0 spiro atoms. The van der Waals surface area contributed by atoms with Crippen molar-refractivity contribution in [1.82, 2.24) is 10.3 Å². The third-order valence-electron chi connectivity index (χ3n) is 2.33. The molecule has 1 heterocycles. The van der Waals surface area contributed by atoms with Gasteiger partial charge in [-0.2, -0.15) is 0 Å². The highest BCUT2D eigenvalue weighted by atomic mass is 32.1. The molecule has 6 heteroatoms. The number of pyridine rings is 1. The first kappa shape index (κ1) is 13.2. The molecule has 2 N–H and O–H groups in total. The second kappa shape index (κ2) is 6.10. The van der Waals surface area contributed by atoms with Crippen molar-refractivity contribution in [3.05, 3.63) is 36.4 Å². The number of amides is 1. The second-order valence-electron chi connectivity index (χ2n) is 3.69. The van der Waals surface area contributed by atoms with Crippen LogP contribution < -0.4 is 10.6 Å². The van der Waals surface area contributed by atoms with Gasteiger partial charge in [-0.25, -0.2) is 9.78 Å². The van der Waals surface area contributed by atoms with Crippen LogP contribution in [0.5, 0.6) is 0 Å². The van der Waals surface area contributed by atoms with E-state index in [0.29, 0.717) is 12.4 Å². The van der Waals surface area contributed by atoms with Crippen molar-refractivity contribution in [2.75, 3.05) is 11.9 Å². The second-order valence-corrected chi connectivity index (χ2v) is 4.10. The molecule has 5 nitrogen and oxygen atoms in total. The number of nitrogens with zero attached hydrogens (tertiary/aromatic N) is 1. The molecule has 0 aliphatic carbocycles. The first-order valence-electron chi connectivity index (χ1n) is 5.79. The predicted octanol–water partition coefficient (Wildman–Crippen LogP) is 2.68. The van der Waals surface area contributed by atoms with E-state index in [1.54, 1.807) is 13.0 Å². The van der Waals surface area contributed by atoms with Crippen molar-refractivity contribution in [3.8, 4) is 0 Å². The number of aromatic nitrogens is 1. The van der Waals surface area contributed by atoms with Crippen LogP contribution in [0.4, 0.5) is 10.6 Å². The monoisotopic (exact) mass is 275 g/mol. The number of carbonyl (C=O) groups excluding carboxylic acids is 1. The summed E-state index contributed by atoms with van der Waals surface area (Å²) in [4.78, 5) is 15.6. The van der Waals surface area contributed by atoms with Gasteiger partial charge in [-0.15, -0.1) is 0 Å². The van der Waals surface area contributed by atoms with Crippen LogP contribution in [-0.4, -0.2) is 22.8 Å². The van der Waals surface area contributed by atoms with E-state index in [2.05, 4.69) is 15.6 Å². The lowest BCUT2D eigenvalue weighted by Crippen LogP contribution is -2.34. The third kappa shape index (κ3) is 3.62. The van der Waals surface area contributed by atoms with Gasteiger partial charge >= 0.3 is 6.09 Å². The number of fused-ring (bicyclic) bond motifs is 1. The first-order chi connectivity index (χ1) is 9.19. The summed E-state index contributed by atoms with van der Waals surface area (Å²) in [6.07, 6.45) is -0.583. The smallest absolute Gasteiger partial charge is 0.413 e. The van der Waals surface area contributed by atoms with E-state index < -0.39 is 6.09 Å². The molecule has 98 valence electrons. The number of hydrogen-bond donors (Lipinski definition) is 2. The van der Waals surface area contributed by atoms with E-state index in [4.69, 9.17) is 17.0 Å². The van der Waals surface area contributed by atoms with Crippen LogP contribution in [0.1, 0.15) is 6.92 Å². The molecular weight excluding hydrogens is 262 g/mol. The summed E-state index contributed by atoms with van der Waals surface area (Å²) in [6.45, 7) is 2.02. The van der Waals surface area contributed by atoms with E-state index in [0.717, 1.165) is 10.9 Å². The zero-order valence-corrected chi connectivity index (χ0v) is 11.2. The Morgan fingerprint density at radius 3 is 2.89 bits per heavy atom. The van der Waals surface area contributed by atoms with Gasteiger partial charge < -0.3 is 10.1 Å². The minimum absolute atomic E-state index is 0.154. The lowest BCUT2D eigenvalue weighted by molar-refractivity contribution is 0.158. The molecule has 0 radical (unpaired) electrons. The Labute approximate surface area is 116 Å². The van der Waals surface area contributed by atoms with Gasteiger partial charge in [0.2, 0.25) is 0 Å². The molecule has 0 aliphatic rings. The minimum atomic E-state index is -0.583. The Balaban J connectivity index is 2.04. The highest BCUT2D eigenvalue weighted by Gasteiger charge is 2.05. The maximum Gasteiger partial charge on any atom is 0.413 e. The van der Waals surface area contributed by atoms with E-state index in [1.165, 1.54) is 0 Å². The fourth-order valence-electron chi connectivity index (χ4n) is 1.54. The molecule has 0 unspecified atom stereocenters. The molecule has 19 heavy (non-hydrogen) atoms. The maximum atomic E-state index is 11.2. The van der Waals surface area contributed by atoms with Crippen LogP contribution in [0.15, 0.2) is 36.4 Å². The first-order valence-corrected chi connectivity index (χ1v) is 6.20. The summed E-state index contributed by atoms with van der Waals surface area (Å²) in [7, 11) is 0. The molecule has 0 saturated heterocycles. The van der Waals surface area contributed by atoms with Crippen LogP contribution in [0.2, 0.25) is 0 Å². The highest BCUT2D eigenvalue weighted by Crippen LogP contribution is 2.14. The average molecular weight is 275 g/mol. The Morgan fingerprint density at radius 1 is 1.32 bits per heavy atom. The van der Waals surface area contributed by atoms with Crippen molar-refractivity contribution >= 4 is 40.1 Å². The fourth-order valence-corrected chi connectivity index (χ4v) is 1.73. The standard InChI is InChI=1S/C13H13N3O2S/c1-2-18-13(17)16-12(19)15-11-8-7-9-5-3-4-6-10(9)14-11/h3-8H,2H2,1H3,(H2,14,15,16,17,19). The molecule has 1 aromatic heterocycles. The van der Waals surface area contributed by atoms with Gasteiger partial charge in [-0.3, -0.25) is 5.32 Å². The Morgan fingerprint density at radius 2 is 2.11 bits per heavy atom. The molecule has 0 saturated carbocycles. The minimum Gasteiger partial charge on any atom is -0.450 e. The quantitative estimate of drug-likeness (QED) is 0.825. The summed E-state index contributed by atoms with van der Waals surface area (Å²) in [5.41, 5.74) is 0.853. The van der Waals surface area contributed by atoms with Crippen molar-refractivity contribution in [2.45, 2.75) is 6.92 Å². The molecule has 0 aliphatic heterocycles. The van der Waals surface area contributed by atoms with Crippen LogP contribution in [0.3, 0.4) is 0 Å². The number of thiocarbonyl (C=S) groups is 1. The van der Waals surface area contributed by atoms with Gasteiger partial charge in [0.15, 0.2) is 5.11 Å². The van der Waals surface area contributed by atoms with Gasteiger partial charge in [0.25, 0.3) is 0 Å². The zero-order chi connectivity index (χ0) is 13.7. The maximum absolute atomic E-state index is 11.2. The van der Waals surface area contributed by atoms with Gasteiger partial charge in [-0.05, 0) is 37.3 Å². The van der Waals surface area contributed by atoms with E-state index >= 15 is 0 Å². The summed E-state index contributed by atoms with van der Waals surface area (Å²) < 4.78 is 4.72. The summed E-state index contributed by atoms with van der Waals surface area (Å²) >= 11 is 4.99. The Hall–Kier alpha value is -2.21. The van der Waals surface area contributed by atoms with E-state index in [-0.39, 0.29) is 5.11 Å². The number of carbonyl (C=O) groups is 1. The van der Waals surface area contributed by atoms with Crippen LogP contribution >= 0.6 is 12.2 Å². The number of alkyl carbamates (subject to hydrolysis) is 1. The lowest BCUT2D eigenvalue weighted by atomic mass is 10.2. The van der Waals surface area contributed by atoms with Crippen LogP contribution in [0, 0.1) is 0 Å². The zero-order valence-electron chi connectivity index (χ0n) is 10.3. The van der Waals surface area contributed by atoms with Gasteiger partial charge in [0, 0.05) is 5.39 Å². The van der Waals surface area contributed by atoms with Crippen molar-refractivity contribution < 1.29 is 9.53 Å². The van der Waals surface area contributed by atoms with Crippen LogP contribution in [-0.2, 0) is 4.74 Å². The van der Waals surface area contributed by atoms with Crippen LogP contribution in [0.25, 0.3) is 10.9 Å². The molecule has 2 rings (SSSR count). The molecule has 0 atom stereocenters. The number of rotatable bonds is 2. The number of benzene rings is 1. The highest BCUT2D eigenvalue weighted by molar-refractivity contribution is 7.80. The van der Waals surface area contributed by atoms with Gasteiger partial charge in [0.1, 0.15) is 5.82 Å². The van der Waals surface area contributed by atoms with Crippen molar-refractivity contribution in [2.24, 2.45) is 0 Å². The topological polar surface area (TPSA) is 63.2 Å². The Kier molecular flexibility index (Phi) is 4.25. The largest absolute Gasteiger partial charge is 0.450 e. The molecule has 0 bridgehead atoms. The summed E-state index contributed by atoms with van der Waals surface area (Å²) in [6, 6.07) is 11.5. The average Bonchev–Trinajstić information content (AvgIpc) is 2.38. The third-order valence-corrected chi connectivity index (χ3v) is 2.54. The lowest BCUT2D eigenvalue weighted by Gasteiger charge is -2.09.